The summed E-state index contributed by atoms with van der Waals surface area (Å²) in [5, 5.41) is 10.0. The van der Waals surface area contributed by atoms with Crippen LogP contribution >= 0.6 is 0 Å². The molecule has 6 N–H and O–H groups in total. The highest BCUT2D eigenvalue weighted by Crippen LogP contribution is 2.39. The van der Waals surface area contributed by atoms with E-state index >= 15 is 0 Å². The van der Waals surface area contributed by atoms with Crippen molar-refractivity contribution < 1.29 is 0 Å². The first-order valence-corrected chi connectivity index (χ1v) is 5.31. The molecule has 1 unspecified atom stereocenters. The van der Waals surface area contributed by atoms with E-state index < -0.39 is 5.66 Å². The molecule has 1 aromatic rings. The summed E-state index contributed by atoms with van der Waals surface area (Å²) < 4.78 is 0. The van der Waals surface area contributed by atoms with Crippen LogP contribution < -0.4 is 16.8 Å². The molecule has 6 heteroatoms. The maximum atomic E-state index is 6.13. The smallest absolute Gasteiger partial charge is 0.195 e. The third-order valence-electron chi connectivity index (χ3n) is 2.90. The minimum Gasteiger partial charge on any atom is -0.370 e. The highest BCUT2D eigenvalue weighted by molar-refractivity contribution is 5.80. The minimum atomic E-state index is -0.945. The molecule has 0 aromatic carbocycles. The van der Waals surface area contributed by atoms with E-state index in [1.54, 1.807) is 12.3 Å². The molecule has 1 aromatic heterocycles. The Kier molecular flexibility index (Phi) is 1.81. The van der Waals surface area contributed by atoms with E-state index in [1.165, 1.54) is 12.8 Å². The van der Waals surface area contributed by atoms with Crippen molar-refractivity contribution in [1.29, 1.82) is 0 Å². The van der Waals surface area contributed by atoms with Crippen molar-refractivity contribution in [1.82, 2.24) is 15.5 Å². The Morgan fingerprint density at radius 2 is 2.25 bits per heavy atom. The van der Waals surface area contributed by atoms with Crippen molar-refractivity contribution in [2.45, 2.75) is 24.4 Å². The largest absolute Gasteiger partial charge is 0.370 e. The van der Waals surface area contributed by atoms with Gasteiger partial charge in [-0.25, -0.2) is 4.99 Å². The molecule has 0 bridgehead atoms. The lowest BCUT2D eigenvalue weighted by Gasteiger charge is -2.22. The first-order valence-electron chi connectivity index (χ1n) is 5.31. The van der Waals surface area contributed by atoms with E-state index in [9.17, 15) is 0 Å². The molecule has 6 nitrogen and oxygen atoms in total. The molecule has 0 radical (unpaired) electrons. The normalized spacial score (nSPS) is 28.7. The van der Waals surface area contributed by atoms with Crippen LogP contribution in [0.2, 0.25) is 0 Å². The van der Waals surface area contributed by atoms with E-state index in [0.29, 0.717) is 17.6 Å². The predicted molar refractivity (Wildman–Crippen MR) is 60.3 cm³/mol. The average molecular weight is 218 g/mol. The van der Waals surface area contributed by atoms with E-state index in [1.807, 2.05) is 6.07 Å². The van der Waals surface area contributed by atoms with Crippen LogP contribution in [-0.4, -0.2) is 16.2 Å². The summed E-state index contributed by atoms with van der Waals surface area (Å²) in [6.07, 6.45) is 5.88. The number of nitrogens with two attached hydrogens (primary N) is 2. The van der Waals surface area contributed by atoms with E-state index in [0.717, 1.165) is 5.69 Å². The molecule has 1 aliphatic heterocycles. The van der Waals surface area contributed by atoms with Gasteiger partial charge in [0.2, 0.25) is 0 Å². The van der Waals surface area contributed by atoms with Crippen LogP contribution in [0.5, 0.6) is 0 Å². The lowest BCUT2D eigenvalue weighted by Crippen LogP contribution is -2.42. The highest BCUT2D eigenvalue weighted by Gasteiger charge is 2.32. The fourth-order valence-electron chi connectivity index (χ4n) is 1.81. The highest BCUT2D eigenvalue weighted by atomic mass is 15.2. The van der Waals surface area contributed by atoms with Gasteiger partial charge in [-0.2, -0.15) is 5.10 Å². The molecule has 1 aliphatic carbocycles. The Morgan fingerprint density at radius 3 is 2.94 bits per heavy atom. The molecule has 1 atom stereocenters. The number of hydrogen-bond acceptors (Lipinski definition) is 5. The Hall–Kier alpha value is -1.82. The summed E-state index contributed by atoms with van der Waals surface area (Å²) in [5.74, 6) is 0.929. The van der Waals surface area contributed by atoms with E-state index in [-0.39, 0.29) is 0 Å². The SMILES string of the molecule is NC1=NC(N)(c2cc(C3CC3)[nH]n2)C=CN1. The second-order valence-corrected chi connectivity index (χ2v) is 4.28. The molecule has 0 amide bonds. The van der Waals surface area contributed by atoms with Gasteiger partial charge < -0.3 is 11.1 Å². The van der Waals surface area contributed by atoms with Gasteiger partial charge >= 0.3 is 0 Å². The van der Waals surface area contributed by atoms with E-state index in [2.05, 4.69) is 20.5 Å². The van der Waals surface area contributed by atoms with E-state index in [4.69, 9.17) is 11.5 Å². The zero-order valence-electron chi connectivity index (χ0n) is 8.77. The summed E-state index contributed by atoms with van der Waals surface area (Å²) in [5.41, 5.74) is 12.6. The van der Waals surface area contributed by atoms with Crippen molar-refractivity contribution in [3.05, 3.63) is 29.7 Å². The van der Waals surface area contributed by atoms with Crippen molar-refractivity contribution in [2.75, 3.05) is 0 Å². The predicted octanol–water partition coefficient (Wildman–Crippen LogP) is -0.170. The molecular weight excluding hydrogens is 204 g/mol. The van der Waals surface area contributed by atoms with Crippen LogP contribution in [0.15, 0.2) is 23.3 Å². The Bertz CT molecular complexity index is 469. The van der Waals surface area contributed by atoms with Crippen LogP contribution in [0, 0.1) is 0 Å². The van der Waals surface area contributed by atoms with Crippen LogP contribution in [0.4, 0.5) is 0 Å². The van der Waals surface area contributed by atoms with Crippen LogP contribution in [0.25, 0.3) is 0 Å². The maximum absolute atomic E-state index is 6.13. The van der Waals surface area contributed by atoms with Gasteiger partial charge in [0.25, 0.3) is 0 Å². The Labute approximate surface area is 92.8 Å². The lowest BCUT2D eigenvalue weighted by molar-refractivity contribution is 0.559. The lowest BCUT2D eigenvalue weighted by atomic mass is 10.1. The molecule has 3 rings (SSSR count). The number of guanidine groups is 1. The standard InChI is InChI=1S/C10H14N6/c11-9-13-4-3-10(12,14-9)8-5-7(15-16-8)6-1-2-6/h3-6H,1-2,12H2,(H,15,16)(H3,11,13,14). The molecule has 1 fully saturated rings. The van der Waals surface area contributed by atoms with Crippen molar-refractivity contribution >= 4 is 5.96 Å². The third-order valence-corrected chi connectivity index (χ3v) is 2.90. The second kappa shape index (κ2) is 3.08. The molecule has 16 heavy (non-hydrogen) atoms. The molecule has 0 spiro atoms. The summed E-state index contributed by atoms with van der Waals surface area (Å²) in [7, 11) is 0. The Morgan fingerprint density at radius 1 is 1.44 bits per heavy atom. The van der Waals surface area contributed by atoms with Gasteiger partial charge in [0.1, 0.15) is 5.69 Å². The first-order chi connectivity index (χ1) is 7.67. The minimum absolute atomic E-state index is 0.306. The summed E-state index contributed by atoms with van der Waals surface area (Å²) >= 11 is 0. The number of nitrogens with zero attached hydrogens (tertiary/aromatic N) is 2. The summed E-state index contributed by atoms with van der Waals surface area (Å²) in [6.45, 7) is 0. The number of aliphatic imine (C=N–C) groups is 1. The van der Waals surface area contributed by atoms with Gasteiger partial charge in [0.05, 0.1) is 0 Å². The van der Waals surface area contributed by atoms with Gasteiger partial charge in [-0.15, -0.1) is 0 Å². The molecule has 2 aliphatic rings. The topological polar surface area (TPSA) is 105 Å². The Balaban J connectivity index is 1.94. The van der Waals surface area contributed by atoms with Crippen LogP contribution in [0.1, 0.15) is 30.1 Å². The summed E-state index contributed by atoms with van der Waals surface area (Å²) in [6, 6.07) is 1.98. The molecule has 84 valence electrons. The van der Waals surface area contributed by atoms with Crippen molar-refractivity contribution in [3.63, 3.8) is 0 Å². The molecule has 0 saturated heterocycles. The second-order valence-electron chi connectivity index (χ2n) is 4.28. The fraction of sp³-hybridized carbons (Fsp3) is 0.400. The molecular formula is C10H14N6. The zero-order valence-corrected chi connectivity index (χ0v) is 8.77. The van der Waals surface area contributed by atoms with Crippen molar-refractivity contribution in [2.24, 2.45) is 16.5 Å². The average Bonchev–Trinajstić information content (AvgIpc) is 2.95. The van der Waals surface area contributed by atoms with Crippen molar-refractivity contribution in [3.8, 4) is 0 Å². The number of nitrogens with one attached hydrogen (secondary N) is 2. The van der Waals surface area contributed by atoms with Gasteiger partial charge in [-0.1, -0.05) is 0 Å². The van der Waals surface area contributed by atoms with Crippen LogP contribution in [-0.2, 0) is 5.66 Å². The zero-order chi connectivity index (χ0) is 11.2. The van der Waals surface area contributed by atoms with Gasteiger partial charge in [-0.3, -0.25) is 10.8 Å². The van der Waals surface area contributed by atoms with Crippen LogP contribution in [0.3, 0.4) is 0 Å². The quantitative estimate of drug-likeness (QED) is 0.553. The number of aromatic amines is 1. The number of H-pyrrole nitrogens is 1. The number of aromatic nitrogens is 2. The first kappa shape index (κ1) is 9.41. The van der Waals surface area contributed by atoms with Gasteiger partial charge in [-0.05, 0) is 25.0 Å². The monoisotopic (exact) mass is 218 g/mol. The summed E-state index contributed by atoms with van der Waals surface area (Å²) in [4.78, 5) is 4.17. The van der Waals surface area contributed by atoms with Gasteiger partial charge in [0, 0.05) is 17.8 Å². The maximum Gasteiger partial charge on any atom is 0.195 e. The molecule has 2 heterocycles. The fourth-order valence-corrected chi connectivity index (χ4v) is 1.81. The number of rotatable bonds is 2. The van der Waals surface area contributed by atoms with Gasteiger partial charge in [0.15, 0.2) is 11.6 Å². The number of hydrogen-bond donors (Lipinski definition) is 4. The molecule has 1 saturated carbocycles. The third kappa shape index (κ3) is 1.47.